The number of hydrogen-bond donors (Lipinski definition) is 2. The molecule has 0 spiro atoms. The molecule has 1 saturated carbocycles. The Morgan fingerprint density at radius 3 is 2.74 bits per heavy atom. The van der Waals surface area contributed by atoms with Crippen LogP contribution in [0.2, 0.25) is 0 Å². The first kappa shape index (κ1) is 17.9. The minimum Gasteiger partial charge on any atom is -0.481 e. The quantitative estimate of drug-likeness (QED) is 0.761. The third-order valence-electron chi connectivity index (χ3n) is 4.22. The molecule has 0 saturated heterocycles. The lowest BCUT2D eigenvalue weighted by molar-refractivity contribution is -0.142. The lowest BCUT2D eigenvalue weighted by Gasteiger charge is -2.27. The van der Waals surface area contributed by atoms with E-state index >= 15 is 0 Å². The Kier molecular flexibility index (Phi) is 7.05. The summed E-state index contributed by atoms with van der Waals surface area (Å²) in [5.74, 6) is 0.212. The van der Waals surface area contributed by atoms with Gasteiger partial charge in [-0.15, -0.1) is 0 Å². The van der Waals surface area contributed by atoms with E-state index in [0.717, 1.165) is 36.9 Å². The van der Waals surface area contributed by atoms with Crippen LogP contribution in [0.3, 0.4) is 0 Å². The van der Waals surface area contributed by atoms with Gasteiger partial charge in [-0.1, -0.05) is 12.1 Å². The highest BCUT2D eigenvalue weighted by molar-refractivity contribution is 7.84. The Morgan fingerprint density at radius 2 is 2.09 bits per heavy atom. The molecule has 23 heavy (non-hydrogen) atoms. The third-order valence-corrected chi connectivity index (χ3v) is 5.49. The Hall–Kier alpha value is -1.40. The van der Waals surface area contributed by atoms with Gasteiger partial charge in [-0.3, -0.25) is 9.00 Å². The van der Waals surface area contributed by atoms with E-state index in [-0.39, 0.29) is 5.92 Å². The van der Waals surface area contributed by atoms with Gasteiger partial charge in [-0.2, -0.15) is 0 Å². The molecule has 0 aromatic heterocycles. The van der Waals surface area contributed by atoms with Gasteiger partial charge in [-0.25, -0.2) is 0 Å². The highest BCUT2D eigenvalue weighted by Gasteiger charge is 2.25. The molecule has 0 radical (unpaired) electrons. The maximum absolute atomic E-state index is 11.9. The lowest BCUT2D eigenvalue weighted by Crippen LogP contribution is -2.29. The van der Waals surface area contributed by atoms with Crippen molar-refractivity contribution < 1.29 is 18.8 Å². The number of nitrogens with one attached hydrogen (secondary N) is 1. The molecule has 1 unspecified atom stereocenters. The van der Waals surface area contributed by atoms with Crippen molar-refractivity contribution in [1.29, 1.82) is 0 Å². The molecule has 1 aliphatic rings. The van der Waals surface area contributed by atoms with Gasteiger partial charge in [0.1, 0.15) is 0 Å². The molecule has 2 rings (SSSR count). The first-order valence-corrected chi connectivity index (χ1v) is 9.49. The smallest absolute Gasteiger partial charge is 0.306 e. The van der Waals surface area contributed by atoms with Crippen LogP contribution in [0.4, 0.5) is 5.69 Å². The summed E-state index contributed by atoms with van der Waals surface area (Å²) in [7, 11) is 0.698. The van der Waals surface area contributed by atoms with E-state index in [1.165, 1.54) is 0 Å². The van der Waals surface area contributed by atoms with Crippen molar-refractivity contribution in [1.82, 2.24) is 0 Å². The molecule has 0 heterocycles. The molecule has 1 atom stereocenters. The molecule has 1 aromatic carbocycles. The average molecular weight is 339 g/mol. The summed E-state index contributed by atoms with van der Waals surface area (Å²) in [4.78, 5) is 11.0. The predicted molar refractivity (Wildman–Crippen MR) is 92.0 cm³/mol. The van der Waals surface area contributed by atoms with Gasteiger partial charge in [0.05, 0.1) is 12.5 Å². The number of carbonyl (C=O) groups is 1. The third kappa shape index (κ3) is 5.95. The zero-order valence-corrected chi connectivity index (χ0v) is 14.3. The summed E-state index contributed by atoms with van der Waals surface area (Å²) in [5.41, 5.74) is 2.06. The van der Waals surface area contributed by atoms with Crippen molar-refractivity contribution >= 4 is 22.5 Å². The molecular formula is C17H25NO4S. The zero-order chi connectivity index (χ0) is 16.7. The van der Waals surface area contributed by atoms with Crippen LogP contribution < -0.4 is 5.32 Å². The summed E-state index contributed by atoms with van der Waals surface area (Å²) in [6, 6.07) is 8.31. The second-order valence-electron chi connectivity index (χ2n) is 6.01. The Labute approximate surface area is 139 Å². The second-order valence-corrected chi connectivity index (χ2v) is 7.59. The van der Waals surface area contributed by atoms with Crippen molar-refractivity contribution in [3.8, 4) is 0 Å². The first-order chi connectivity index (χ1) is 11.1. The standard InChI is InChI=1S/C17H25NO4S/c1-22-9-10-23(21)12-13-3-2-4-16(11-13)18-15-7-5-14(6-8-15)17(19)20/h2-4,11,14-15,18H,5-10,12H2,1H3,(H,19,20). The molecular weight excluding hydrogens is 314 g/mol. The fourth-order valence-corrected chi connectivity index (χ4v) is 3.95. The molecule has 1 aliphatic carbocycles. The summed E-state index contributed by atoms with van der Waals surface area (Å²) in [5, 5.41) is 12.5. The van der Waals surface area contributed by atoms with Crippen LogP contribution in [0, 0.1) is 5.92 Å². The Bertz CT molecular complexity index is 541. The Morgan fingerprint density at radius 1 is 1.35 bits per heavy atom. The van der Waals surface area contributed by atoms with E-state index < -0.39 is 16.8 Å². The molecule has 1 aromatic rings. The minimum atomic E-state index is -0.914. The molecule has 0 amide bonds. The van der Waals surface area contributed by atoms with Crippen molar-refractivity contribution in [2.75, 3.05) is 24.8 Å². The summed E-state index contributed by atoms with van der Waals surface area (Å²) < 4.78 is 16.9. The average Bonchev–Trinajstić information content (AvgIpc) is 2.54. The second kappa shape index (κ2) is 9.03. The van der Waals surface area contributed by atoms with Crippen LogP contribution in [0.25, 0.3) is 0 Å². The Balaban J connectivity index is 1.85. The van der Waals surface area contributed by atoms with Crippen LogP contribution in [0.5, 0.6) is 0 Å². The minimum absolute atomic E-state index is 0.192. The van der Waals surface area contributed by atoms with Gasteiger partial charge in [0, 0.05) is 41.1 Å². The number of aliphatic carboxylic acids is 1. The van der Waals surface area contributed by atoms with Gasteiger partial charge in [-0.05, 0) is 43.4 Å². The van der Waals surface area contributed by atoms with E-state index in [1.807, 2.05) is 24.3 Å². The summed E-state index contributed by atoms with van der Waals surface area (Å²) in [6.07, 6.45) is 3.21. The van der Waals surface area contributed by atoms with E-state index in [1.54, 1.807) is 7.11 Å². The van der Waals surface area contributed by atoms with Crippen molar-refractivity contribution in [3.63, 3.8) is 0 Å². The van der Waals surface area contributed by atoms with Gasteiger partial charge in [0.2, 0.25) is 0 Å². The number of anilines is 1. The topological polar surface area (TPSA) is 75.6 Å². The van der Waals surface area contributed by atoms with Gasteiger partial charge in [0.25, 0.3) is 0 Å². The molecule has 0 bridgehead atoms. The molecule has 1 fully saturated rings. The lowest BCUT2D eigenvalue weighted by atomic mass is 9.86. The number of hydrogen-bond acceptors (Lipinski definition) is 4. The first-order valence-electron chi connectivity index (χ1n) is 8.00. The molecule has 0 aliphatic heterocycles. The fourth-order valence-electron chi connectivity index (χ4n) is 2.91. The van der Waals surface area contributed by atoms with Crippen molar-refractivity contribution in [2.24, 2.45) is 5.92 Å². The van der Waals surface area contributed by atoms with Gasteiger partial charge < -0.3 is 15.2 Å². The van der Waals surface area contributed by atoms with Gasteiger partial charge >= 0.3 is 5.97 Å². The van der Waals surface area contributed by atoms with E-state index in [0.29, 0.717) is 24.2 Å². The van der Waals surface area contributed by atoms with Gasteiger partial charge in [0.15, 0.2) is 0 Å². The van der Waals surface area contributed by atoms with Crippen molar-refractivity contribution in [3.05, 3.63) is 29.8 Å². The molecule has 6 heteroatoms. The largest absolute Gasteiger partial charge is 0.481 e. The van der Waals surface area contributed by atoms with Crippen LogP contribution in [0.15, 0.2) is 24.3 Å². The van der Waals surface area contributed by atoms with Crippen LogP contribution >= 0.6 is 0 Å². The number of carboxylic acid groups (broad SMARTS) is 1. The molecule has 5 nitrogen and oxygen atoms in total. The van der Waals surface area contributed by atoms with Crippen molar-refractivity contribution in [2.45, 2.75) is 37.5 Å². The number of benzene rings is 1. The monoisotopic (exact) mass is 339 g/mol. The molecule has 2 N–H and O–H groups in total. The number of ether oxygens (including phenoxy) is 1. The maximum atomic E-state index is 11.9. The SMILES string of the molecule is COCCS(=O)Cc1cccc(NC2CCC(C(=O)O)CC2)c1. The van der Waals surface area contributed by atoms with Crippen LogP contribution in [0.1, 0.15) is 31.2 Å². The van der Waals surface area contributed by atoms with E-state index in [4.69, 9.17) is 9.84 Å². The summed E-state index contributed by atoms with van der Waals surface area (Å²) in [6.45, 7) is 0.511. The summed E-state index contributed by atoms with van der Waals surface area (Å²) >= 11 is 0. The number of rotatable bonds is 8. The number of methoxy groups -OCH3 is 1. The predicted octanol–water partition coefficient (Wildman–Crippen LogP) is 2.64. The zero-order valence-electron chi connectivity index (χ0n) is 13.5. The van der Waals surface area contributed by atoms with E-state index in [2.05, 4.69) is 5.32 Å². The maximum Gasteiger partial charge on any atom is 0.306 e. The highest BCUT2D eigenvalue weighted by atomic mass is 32.2. The number of carboxylic acids is 1. The highest BCUT2D eigenvalue weighted by Crippen LogP contribution is 2.27. The van der Waals surface area contributed by atoms with E-state index in [9.17, 15) is 9.00 Å². The molecule has 128 valence electrons. The van der Waals surface area contributed by atoms with Crippen LogP contribution in [-0.2, 0) is 26.1 Å². The normalized spacial score (nSPS) is 22.5. The fraction of sp³-hybridized carbons (Fsp3) is 0.588. The van der Waals surface area contributed by atoms with Crippen LogP contribution in [-0.4, -0.2) is 40.8 Å².